The number of carbonyl (C=O) groups excluding carboxylic acids is 2. The van der Waals surface area contributed by atoms with Crippen LogP contribution < -0.4 is 10.1 Å². The van der Waals surface area contributed by atoms with Crippen LogP contribution >= 0.6 is 11.6 Å². The first-order valence-corrected chi connectivity index (χ1v) is 12.1. The van der Waals surface area contributed by atoms with Gasteiger partial charge in [0.15, 0.2) is 0 Å². The van der Waals surface area contributed by atoms with Crippen LogP contribution in [0.1, 0.15) is 10.4 Å². The van der Waals surface area contributed by atoms with Gasteiger partial charge in [0.05, 0.1) is 19.4 Å². The second-order valence-corrected chi connectivity index (χ2v) is 8.74. The highest BCUT2D eigenvalue weighted by Crippen LogP contribution is 2.26. The van der Waals surface area contributed by atoms with Crippen LogP contribution in [0.3, 0.4) is 0 Å². The van der Waals surface area contributed by atoms with E-state index in [1.807, 2.05) is 12.1 Å². The number of carbonyl (C=O) groups is 2. The van der Waals surface area contributed by atoms with E-state index in [2.05, 4.69) is 10.3 Å². The number of methoxy groups -OCH3 is 2. The van der Waals surface area contributed by atoms with E-state index in [9.17, 15) is 14.0 Å². The van der Waals surface area contributed by atoms with Gasteiger partial charge in [0.2, 0.25) is 11.9 Å². The molecule has 0 aliphatic rings. The maximum Gasteiger partial charge on any atom is 0.254 e. The molecule has 0 aliphatic carbocycles. The van der Waals surface area contributed by atoms with Crippen molar-refractivity contribution >= 4 is 29.4 Å². The van der Waals surface area contributed by atoms with Crippen molar-refractivity contribution in [2.24, 2.45) is 0 Å². The lowest BCUT2D eigenvalue weighted by Crippen LogP contribution is -2.40. The number of hydrogen-bond acceptors (Lipinski definition) is 5. The lowest BCUT2D eigenvalue weighted by atomic mass is 10.1. The van der Waals surface area contributed by atoms with Crippen molar-refractivity contribution in [1.29, 1.82) is 0 Å². The summed E-state index contributed by atoms with van der Waals surface area (Å²) in [7, 11) is 3.10. The number of hydrogen-bond donors (Lipinski definition) is 1. The molecule has 8 nitrogen and oxygen atoms in total. The molecular weight excluding hydrogens is 511 g/mol. The summed E-state index contributed by atoms with van der Waals surface area (Å²) in [5.74, 6) is -0.266. The first-order chi connectivity index (χ1) is 18.4. The SMILES string of the molecule is COCCN(CC(=O)Nc1nc(-c2ccc(OC)cc2)cn1-c1ccc(F)cc1)C(=O)c1ccc(Cl)cc1. The van der Waals surface area contributed by atoms with Crippen molar-refractivity contribution in [3.63, 3.8) is 0 Å². The van der Waals surface area contributed by atoms with E-state index < -0.39 is 5.91 Å². The Kier molecular flexibility index (Phi) is 8.73. The van der Waals surface area contributed by atoms with Gasteiger partial charge in [-0.2, -0.15) is 0 Å². The number of anilines is 1. The zero-order valence-electron chi connectivity index (χ0n) is 20.9. The Balaban J connectivity index is 1.60. The molecule has 0 atom stereocenters. The highest BCUT2D eigenvalue weighted by molar-refractivity contribution is 6.30. The number of imidazole rings is 1. The maximum atomic E-state index is 13.6. The smallest absolute Gasteiger partial charge is 0.254 e. The zero-order valence-corrected chi connectivity index (χ0v) is 21.6. The molecule has 10 heteroatoms. The molecule has 0 bridgehead atoms. The predicted molar refractivity (Wildman–Crippen MR) is 143 cm³/mol. The topological polar surface area (TPSA) is 85.7 Å². The van der Waals surface area contributed by atoms with E-state index in [4.69, 9.17) is 21.1 Å². The number of amides is 2. The van der Waals surface area contributed by atoms with Gasteiger partial charge in [-0.3, -0.25) is 19.5 Å². The number of halogens is 2. The Labute approximate surface area is 224 Å². The average molecular weight is 537 g/mol. The lowest BCUT2D eigenvalue weighted by molar-refractivity contribution is -0.117. The van der Waals surface area contributed by atoms with E-state index in [1.54, 1.807) is 66.4 Å². The van der Waals surface area contributed by atoms with Gasteiger partial charge in [-0.1, -0.05) is 11.6 Å². The van der Waals surface area contributed by atoms with Crippen LogP contribution in [0, 0.1) is 5.82 Å². The van der Waals surface area contributed by atoms with E-state index in [1.165, 1.54) is 24.1 Å². The van der Waals surface area contributed by atoms with Gasteiger partial charge < -0.3 is 14.4 Å². The Morgan fingerprint density at radius 3 is 2.32 bits per heavy atom. The maximum absolute atomic E-state index is 13.6. The van der Waals surface area contributed by atoms with Crippen LogP contribution in [0.15, 0.2) is 79.0 Å². The molecule has 0 aliphatic heterocycles. The van der Waals surface area contributed by atoms with Crippen LogP contribution in [0.25, 0.3) is 16.9 Å². The third kappa shape index (κ3) is 6.56. The molecule has 1 aromatic heterocycles. The third-order valence-electron chi connectivity index (χ3n) is 5.73. The Morgan fingerprint density at radius 1 is 1.00 bits per heavy atom. The van der Waals surface area contributed by atoms with Crippen LogP contribution in [-0.4, -0.2) is 60.2 Å². The zero-order chi connectivity index (χ0) is 27.1. The van der Waals surface area contributed by atoms with Crippen LogP contribution in [-0.2, 0) is 9.53 Å². The lowest BCUT2D eigenvalue weighted by Gasteiger charge is -2.22. The standard InChI is InChI=1S/C28H26ClFN4O4/c1-37-16-15-33(27(36)20-3-7-21(29)8-4-20)18-26(35)32-28-31-25(19-5-13-24(38-2)14-6-19)17-34(28)23-11-9-22(30)10-12-23/h3-14,17H,15-16,18H2,1-2H3,(H,31,32,35). The molecule has 0 saturated carbocycles. The van der Waals surface area contributed by atoms with Gasteiger partial charge in [-0.05, 0) is 72.8 Å². The highest BCUT2D eigenvalue weighted by Gasteiger charge is 2.21. The minimum atomic E-state index is -0.460. The van der Waals surface area contributed by atoms with Crippen molar-refractivity contribution in [1.82, 2.24) is 14.5 Å². The summed E-state index contributed by atoms with van der Waals surface area (Å²) in [6, 6.07) is 19.6. The summed E-state index contributed by atoms with van der Waals surface area (Å²) < 4.78 is 25.6. The van der Waals surface area contributed by atoms with E-state index in [0.29, 0.717) is 27.7 Å². The molecule has 2 amide bonds. The molecule has 1 N–H and O–H groups in total. The van der Waals surface area contributed by atoms with Gasteiger partial charge in [-0.15, -0.1) is 0 Å². The number of nitrogens with one attached hydrogen (secondary N) is 1. The molecule has 0 spiro atoms. The summed E-state index contributed by atoms with van der Waals surface area (Å²) in [4.78, 5) is 32.2. The predicted octanol–water partition coefficient (Wildman–Crippen LogP) is 5.07. The molecule has 0 radical (unpaired) electrons. The Hall–Kier alpha value is -4.21. The van der Waals surface area contributed by atoms with Crippen LogP contribution in [0.2, 0.25) is 5.02 Å². The second-order valence-electron chi connectivity index (χ2n) is 8.30. The molecule has 0 fully saturated rings. The third-order valence-corrected chi connectivity index (χ3v) is 5.98. The number of nitrogens with zero attached hydrogens (tertiary/aromatic N) is 3. The Morgan fingerprint density at radius 2 is 1.68 bits per heavy atom. The van der Waals surface area contributed by atoms with Crippen molar-refractivity contribution in [3.05, 3.63) is 95.4 Å². The van der Waals surface area contributed by atoms with E-state index in [0.717, 1.165) is 5.56 Å². The number of rotatable bonds is 10. The minimum Gasteiger partial charge on any atom is -0.497 e. The fourth-order valence-corrected chi connectivity index (χ4v) is 3.86. The van der Waals surface area contributed by atoms with Crippen LogP contribution in [0.4, 0.5) is 10.3 Å². The van der Waals surface area contributed by atoms with E-state index >= 15 is 0 Å². The average Bonchev–Trinajstić information content (AvgIpc) is 3.35. The number of ether oxygens (including phenoxy) is 2. The molecule has 1 heterocycles. The summed E-state index contributed by atoms with van der Waals surface area (Å²) >= 11 is 5.94. The molecule has 0 saturated heterocycles. The molecule has 4 rings (SSSR count). The first-order valence-electron chi connectivity index (χ1n) is 11.7. The molecule has 196 valence electrons. The summed E-state index contributed by atoms with van der Waals surface area (Å²) in [5, 5.41) is 3.30. The quantitative estimate of drug-likeness (QED) is 0.306. The van der Waals surface area contributed by atoms with Gasteiger partial charge in [-0.25, -0.2) is 9.37 Å². The van der Waals surface area contributed by atoms with E-state index in [-0.39, 0.29) is 37.4 Å². The Bertz CT molecular complexity index is 1390. The molecule has 38 heavy (non-hydrogen) atoms. The second kappa shape index (κ2) is 12.4. The van der Waals surface area contributed by atoms with Gasteiger partial charge in [0.25, 0.3) is 5.91 Å². The normalized spacial score (nSPS) is 10.7. The van der Waals surface area contributed by atoms with Crippen molar-refractivity contribution < 1.29 is 23.5 Å². The van der Waals surface area contributed by atoms with Crippen molar-refractivity contribution in [2.45, 2.75) is 0 Å². The minimum absolute atomic E-state index is 0.203. The fraction of sp³-hybridized carbons (Fsp3) is 0.179. The van der Waals surface area contributed by atoms with Crippen molar-refractivity contribution in [2.75, 3.05) is 39.2 Å². The van der Waals surface area contributed by atoms with Crippen molar-refractivity contribution in [3.8, 4) is 22.7 Å². The summed E-state index contributed by atoms with van der Waals surface area (Å²) in [6.45, 7) is 0.215. The highest BCUT2D eigenvalue weighted by atomic mass is 35.5. The number of benzene rings is 3. The van der Waals surface area contributed by atoms with Gasteiger partial charge in [0.1, 0.15) is 18.1 Å². The number of aromatic nitrogens is 2. The monoisotopic (exact) mass is 536 g/mol. The first kappa shape index (κ1) is 26.8. The van der Waals surface area contributed by atoms with Gasteiger partial charge >= 0.3 is 0 Å². The molecule has 0 unspecified atom stereocenters. The molecule has 4 aromatic rings. The molecular formula is C28H26ClFN4O4. The molecule has 3 aromatic carbocycles. The largest absolute Gasteiger partial charge is 0.497 e. The fourth-order valence-electron chi connectivity index (χ4n) is 3.73. The summed E-state index contributed by atoms with van der Waals surface area (Å²) in [5.41, 5.74) is 2.37. The van der Waals surface area contributed by atoms with Gasteiger partial charge in [0, 0.05) is 41.7 Å². The van der Waals surface area contributed by atoms with Crippen LogP contribution in [0.5, 0.6) is 5.75 Å². The summed E-state index contributed by atoms with van der Waals surface area (Å²) in [6.07, 6.45) is 1.74.